The van der Waals surface area contributed by atoms with Crippen LogP contribution in [0.2, 0.25) is 0 Å². The molecule has 1 aliphatic heterocycles. The van der Waals surface area contributed by atoms with Crippen molar-refractivity contribution in [2.75, 3.05) is 6.61 Å². The van der Waals surface area contributed by atoms with Gasteiger partial charge in [-0.15, -0.1) is 0 Å². The topological polar surface area (TPSA) is 26.3 Å². The van der Waals surface area contributed by atoms with Crippen LogP contribution in [-0.2, 0) is 0 Å². The predicted octanol–water partition coefficient (Wildman–Crippen LogP) is 2.21. The molecule has 0 spiro atoms. The molecule has 0 saturated heterocycles. The lowest BCUT2D eigenvalue weighted by atomic mass is 9.95. The summed E-state index contributed by atoms with van der Waals surface area (Å²) in [5.41, 5.74) is 1.84. The van der Waals surface area contributed by atoms with E-state index in [1.807, 2.05) is 32.0 Å². The number of fused-ring (bicyclic) bond motifs is 1. The summed E-state index contributed by atoms with van der Waals surface area (Å²) < 4.78 is 5.44. The van der Waals surface area contributed by atoms with Crippen molar-refractivity contribution >= 4 is 5.78 Å². The molecular weight excluding hydrogens is 164 g/mol. The molecule has 0 bridgehead atoms. The highest BCUT2D eigenvalue weighted by Gasteiger charge is 2.24. The fourth-order valence-corrected chi connectivity index (χ4v) is 1.52. The lowest BCUT2D eigenvalue weighted by molar-refractivity contribution is 0.0848. The fourth-order valence-electron chi connectivity index (χ4n) is 1.52. The van der Waals surface area contributed by atoms with Crippen LogP contribution in [0.15, 0.2) is 18.2 Å². The molecule has 68 valence electrons. The molecule has 1 aromatic rings. The Labute approximate surface area is 77.5 Å². The number of carbonyl (C=O) groups excluding carboxylic acids is 1. The number of rotatable bonds is 0. The lowest BCUT2D eigenvalue weighted by Crippen LogP contribution is -2.25. The highest BCUT2D eigenvalue weighted by Crippen LogP contribution is 2.27. The molecular formula is C11H12O2. The van der Waals surface area contributed by atoms with Gasteiger partial charge in [-0.25, -0.2) is 0 Å². The van der Waals surface area contributed by atoms with Gasteiger partial charge in [0.15, 0.2) is 5.78 Å². The fraction of sp³-hybridized carbons (Fsp3) is 0.364. The Morgan fingerprint density at radius 2 is 2.23 bits per heavy atom. The van der Waals surface area contributed by atoms with Crippen molar-refractivity contribution in [3.05, 3.63) is 29.3 Å². The number of hydrogen-bond donors (Lipinski definition) is 0. The summed E-state index contributed by atoms with van der Waals surface area (Å²) in [6.45, 7) is 4.38. The molecule has 0 aliphatic carbocycles. The van der Waals surface area contributed by atoms with Crippen molar-refractivity contribution in [3.63, 3.8) is 0 Å². The van der Waals surface area contributed by atoms with Gasteiger partial charge in [0.05, 0.1) is 18.1 Å². The predicted molar refractivity (Wildman–Crippen MR) is 50.2 cm³/mol. The zero-order chi connectivity index (χ0) is 9.42. The maximum Gasteiger partial charge on any atom is 0.172 e. The van der Waals surface area contributed by atoms with Gasteiger partial charge in [-0.2, -0.15) is 0 Å². The van der Waals surface area contributed by atoms with Crippen molar-refractivity contribution in [2.45, 2.75) is 13.8 Å². The van der Waals surface area contributed by atoms with Gasteiger partial charge in [-0.1, -0.05) is 18.6 Å². The SMILES string of the molecule is Cc1ccc2c(c1)C(=O)C(C)CO2. The average molecular weight is 176 g/mol. The summed E-state index contributed by atoms with van der Waals surface area (Å²) in [7, 11) is 0. The lowest BCUT2D eigenvalue weighted by Gasteiger charge is -2.21. The molecule has 2 heteroatoms. The third-order valence-corrected chi connectivity index (χ3v) is 2.34. The van der Waals surface area contributed by atoms with Crippen LogP contribution in [0.5, 0.6) is 5.75 Å². The molecule has 0 N–H and O–H groups in total. The number of hydrogen-bond acceptors (Lipinski definition) is 2. The van der Waals surface area contributed by atoms with E-state index in [9.17, 15) is 4.79 Å². The Bertz CT molecular complexity index is 355. The summed E-state index contributed by atoms with van der Waals surface area (Å²) in [4.78, 5) is 11.7. The molecule has 13 heavy (non-hydrogen) atoms. The summed E-state index contributed by atoms with van der Waals surface area (Å²) in [5.74, 6) is 0.924. The molecule has 2 nitrogen and oxygen atoms in total. The van der Waals surface area contributed by atoms with Gasteiger partial charge in [-0.05, 0) is 19.1 Å². The third kappa shape index (κ3) is 1.32. The summed E-state index contributed by atoms with van der Waals surface area (Å²) in [6.07, 6.45) is 0. The van der Waals surface area contributed by atoms with Crippen LogP contribution in [0.25, 0.3) is 0 Å². The number of aryl methyl sites for hydroxylation is 1. The van der Waals surface area contributed by atoms with Crippen LogP contribution in [0.3, 0.4) is 0 Å². The van der Waals surface area contributed by atoms with Crippen LogP contribution in [0.4, 0.5) is 0 Å². The van der Waals surface area contributed by atoms with Crippen molar-refractivity contribution in [1.29, 1.82) is 0 Å². The second kappa shape index (κ2) is 2.87. The van der Waals surface area contributed by atoms with E-state index in [0.29, 0.717) is 6.61 Å². The van der Waals surface area contributed by atoms with Crippen molar-refractivity contribution in [3.8, 4) is 5.75 Å². The summed E-state index contributed by atoms with van der Waals surface area (Å²) in [6, 6.07) is 5.73. The van der Waals surface area contributed by atoms with Gasteiger partial charge in [-0.3, -0.25) is 4.79 Å². The highest BCUT2D eigenvalue weighted by molar-refractivity contribution is 6.01. The molecule has 2 rings (SSSR count). The zero-order valence-electron chi connectivity index (χ0n) is 7.83. The molecule has 1 aromatic carbocycles. The van der Waals surface area contributed by atoms with Crippen LogP contribution >= 0.6 is 0 Å². The van der Waals surface area contributed by atoms with Crippen LogP contribution in [-0.4, -0.2) is 12.4 Å². The van der Waals surface area contributed by atoms with E-state index in [-0.39, 0.29) is 11.7 Å². The minimum Gasteiger partial charge on any atom is -0.492 e. The molecule has 1 aliphatic rings. The summed E-state index contributed by atoms with van der Waals surface area (Å²) >= 11 is 0. The maximum atomic E-state index is 11.7. The number of ether oxygens (including phenoxy) is 1. The molecule has 0 amide bonds. The van der Waals surface area contributed by atoms with E-state index in [4.69, 9.17) is 4.74 Å². The quantitative estimate of drug-likeness (QED) is 0.605. The molecule has 1 unspecified atom stereocenters. The maximum absolute atomic E-state index is 11.7. The van der Waals surface area contributed by atoms with Crippen LogP contribution < -0.4 is 4.74 Å². The van der Waals surface area contributed by atoms with E-state index in [1.54, 1.807) is 0 Å². The van der Waals surface area contributed by atoms with Crippen molar-refractivity contribution in [1.82, 2.24) is 0 Å². The standard InChI is InChI=1S/C11H12O2/c1-7-3-4-10-9(5-7)11(12)8(2)6-13-10/h3-5,8H,6H2,1-2H3. The largest absolute Gasteiger partial charge is 0.492 e. The first-order valence-electron chi connectivity index (χ1n) is 4.46. The average Bonchev–Trinajstić information content (AvgIpc) is 2.12. The zero-order valence-corrected chi connectivity index (χ0v) is 7.83. The van der Waals surface area contributed by atoms with Crippen LogP contribution in [0.1, 0.15) is 22.8 Å². The molecule has 1 heterocycles. The van der Waals surface area contributed by atoms with E-state index >= 15 is 0 Å². The Hall–Kier alpha value is -1.31. The van der Waals surface area contributed by atoms with E-state index in [2.05, 4.69) is 0 Å². The van der Waals surface area contributed by atoms with Crippen LogP contribution in [0, 0.1) is 12.8 Å². The minimum atomic E-state index is -0.00528. The number of Topliss-reactive ketones (excluding diaryl/α,β-unsaturated/α-hetero) is 1. The molecule has 0 aromatic heterocycles. The second-order valence-corrected chi connectivity index (χ2v) is 3.58. The smallest absolute Gasteiger partial charge is 0.172 e. The van der Waals surface area contributed by atoms with Gasteiger partial charge in [0.1, 0.15) is 5.75 Å². The summed E-state index contributed by atoms with van der Waals surface area (Å²) in [5, 5.41) is 0. The van der Waals surface area contributed by atoms with E-state index < -0.39 is 0 Å². The normalized spacial score (nSPS) is 20.8. The van der Waals surface area contributed by atoms with E-state index in [0.717, 1.165) is 16.9 Å². The Morgan fingerprint density at radius 1 is 1.46 bits per heavy atom. The first-order chi connectivity index (χ1) is 6.18. The molecule has 0 saturated carbocycles. The number of benzene rings is 1. The Balaban J connectivity index is 2.51. The van der Waals surface area contributed by atoms with Crippen molar-refractivity contribution < 1.29 is 9.53 Å². The third-order valence-electron chi connectivity index (χ3n) is 2.34. The molecule has 1 atom stereocenters. The minimum absolute atomic E-state index is 0.00528. The van der Waals surface area contributed by atoms with Gasteiger partial charge in [0.2, 0.25) is 0 Å². The number of carbonyl (C=O) groups is 1. The highest BCUT2D eigenvalue weighted by atomic mass is 16.5. The Kier molecular flexibility index (Phi) is 1.83. The second-order valence-electron chi connectivity index (χ2n) is 3.58. The van der Waals surface area contributed by atoms with Gasteiger partial charge >= 0.3 is 0 Å². The number of ketones is 1. The van der Waals surface area contributed by atoms with Gasteiger partial charge in [0, 0.05) is 0 Å². The van der Waals surface area contributed by atoms with Crippen molar-refractivity contribution in [2.24, 2.45) is 5.92 Å². The first kappa shape index (κ1) is 8.30. The Morgan fingerprint density at radius 3 is 3.00 bits per heavy atom. The molecule has 0 radical (unpaired) electrons. The first-order valence-corrected chi connectivity index (χ1v) is 4.46. The monoisotopic (exact) mass is 176 g/mol. The molecule has 0 fully saturated rings. The van der Waals surface area contributed by atoms with Gasteiger partial charge in [0.25, 0.3) is 0 Å². The van der Waals surface area contributed by atoms with Gasteiger partial charge < -0.3 is 4.74 Å². The van der Waals surface area contributed by atoms with E-state index in [1.165, 1.54) is 0 Å².